The summed E-state index contributed by atoms with van der Waals surface area (Å²) in [6.07, 6.45) is 0.272. The number of hydrogen-bond acceptors (Lipinski definition) is 4. The van der Waals surface area contributed by atoms with Crippen LogP contribution in [0, 0.1) is 0 Å². The fourth-order valence-electron chi connectivity index (χ4n) is 1.90. The van der Waals surface area contributed by atoms with E-state index < -0.39 is 5.97 Å². The van der Waals surface area contributed by atoms with E-state index in [-0.39, 0.29) is 18.1 Å². The van der Waals surface area contributed by atoms with Gasteiger partial charge in [-0.05, 0) is 12.1 Å². The third-order valence-corrected chi connectivity index (χ3v) is 4.11. The number of nitrogens with zero attached hydrogens (tertiary/aromatic N) is 2. The SMILES string of the molecule is CNC(=O)CCn1c(SCC(=O)O)nc2cccc(Cl)c21. The standard InChI is InChI=1S/C13H14ClN3O3S/c1-15-10(18)5-6-17-12-8(14)3-2-4-9(12)16-13(17)21-7-11(19)20/h2-4H,5-7H2,1H3,(H,15,18)(H,19,20). The number of carboxylic acid groups (broad SMARTS) is 1. The first-order valence-corrected chi connectivity index (χ1v) is 7.59. The summed E-state index contributed by atoms with van der Waals surface area (Å²) < 4.78 is 1.79. The van der Waals surface area contributed by atoms with Crippen LogP contribution in [0.5, 0.6) is 0 Å². The van der Waals surface area contributed by atoms with Crippen molar-refractivity contribution in [1.82, 2.24) is 14.9 Å². The third kappa shape index (κ3) is 3.68. The van der Waals surface area contributed by atoms with Crippen LogP contribution in [-0.2, 0) is 16.1 Å². The van der Waals surface area contributed by atoms with Crippen LogP contribution in [0.2, 0.25) is 5.02 Å². The summed E-state index contributed by atoms with van der Waals surface area (Å²) in [5, 5.41) is 12.4. The van der Waals surface area contributed by atoms with Crippen LogP contribution in [0.4, 0.5) is 0 Å². The number of benzene rings is 1. The highest BCUT2D eigenvalue weighted by molar-refractivity contribution is 7.99. The highest BCUT2D eigenvalue weighted by atomic mass is 35.5. The zero-order chi connectivity index (χ0) is 15.4. The number of para-hydroxylation sites is 1. The number of hydrogen-bond donors (Lipinski definition) is 2. The molecule has 0 saturated carbocycles. The Labute approximate surface area is 130 Å². The summed E-state index contributed by atoms with van der Waals surface area (Å²) in [4.78, 5) is 26.6. The van der Waals surface area contributed by atoms with Crippen LogP contribution in [0.1, 0.15) is 6.42 Å². The first kappa shape index (κ1) is 15.7. The van der Waals surface area contributed by atoms with E-state index in [1.807, 2.05) is 6.07 Å². The van der Waals surface area contributed by atoms with Gasteiger partial charge in [-0.25, -0.2) is 4.98 Å². The number of carbonyl (C=O) groups is 2. The predicted octanol–water partition coefficient (Wildman–Crippen LogP) is 2.00. The maximum atomic E-state index is 11.4. The fourth-order valence-corrected chi connectivity index (χ4v) is 2.93. The number of thioether (sulfide) groups is 1. The number of amides is 1. The van der Waals surface area contributed by atoms with Gasteiger partial charge in [-0.3, -0.25) is 9.59 Å². The molecule has 2 aromatic rings. The largest absolute Gasteiger partial charge is 0.481 e. The normalized spacial score (nSPS) is 10.8. The quantitative estimate of drug-likeness (QED) is 0.793. The van der Waals surface area contributed by atoms with Gasteiger partial charge in [0.1, 0.15) is 0 Å². The fraction of sp³-hybridized carbons (Fsp3) is 0.308. The molecule has 8 heteroatoms. The highest BCUT2D eigenvalue weighted by Crippen LogP contribution is 2.29. The third-order valence-electron chi connectivity index (χ3n) is 2.85. The number of carbonyl (C=O) groups excluding carboxylic acids is 1. The van der Waals surface area contributed by atoms with E-state index in [1.165, 1.54) is 0 Å². The van der Waals surface area contributed by atoms with Crippen LogP contribution in [-0.4, -0.2) is 39.3 Å². The Bertz CT molecular complexity index is 687. The first-order valence-electron chi connectivity index (χ1n) is 6.23. The van der Waals surface area contributed by atoms with Crippen molar-refractivity contribution in [1.29, 1.82) is 0 Å². The molecular formula is C13H14ClN3O3S. The second kappa shape index (κ2) is 6.82. The van der Waals surface area contributed by atoms with E-state index in [0.29, 0.717) is 22.2 Å². The number of aromatic nitrogens is 2. The first-order chi connectivity index (χ1) is 10.0. The molecule has 0 aliphatic carbocycles. The van der Waals surface area contributed by atoms with E-state index in [2.05, 4.69) is 10.3 Å². The lowest BCUT2D eigenvalue weighted by Crippen LogP contribution is -2.19. The van der Waals surface area contributed by atoms with Crippen molar-refractivity contribution in [2.75, 3.05) is 12.8 Å². The molecule has 1 aromatic heterocycles. The number of rotatable bonds is 6. The zero-order valence-corrected chi connectivity index (χ0v) is 12.9. The summed E-state index contributed by atoms with van der Waals surface area (Å²) in [6.45, 7) is 0.391. The van der Waals surface area contributed by atoms with Crippen LogP contribution < -0.4 is 5.32 Å². The van der Waals surface area contributed by atoms with E-state index in [0.717, 1.165) is 17.3 Å². The highest BCUT2D eigenvalue weighted by Gasteiger charge is 2.15. The Morgan fingerprint density at radius 3 is 2.90 bits per heavy atom. The topological polar surface area (TPSA) is 84.2 Å². The van der Waals surface area contributed by atoms with E-state index >= 15 is 0 Å². The molecule has 0 atom stereocenters. The Balaban J connectivity index is 2.38. The van der Waals surface area contributed by atoms with Crippen LogP contribution >= 0.6 is 23.4 Å². The average Bonchev–Trinajstić information content (AvgIpc) is 2.81. The number of halogens is 1. The van der Waals surface area contributed by atoms with E-state index in [9.17, 15) is 9.59 Å². The van der Waals surface area contributed by atoms with E-state index in [4.69, 9.17) is 16.7 Å². The maximum absolute atomic E-state index is 11.4. The molecule has 0 fully saturated rings. The molecule has 2 rings (SSSR count). The minimum absolute atomic E-state index is 0.0963. The second-order valence-electron chi connectivity index (χ2n) is 4.26. The molecule has 6 nitrogen and oxygen atoms in total. The van der Waals surface area contributed by atoms with Gasteiger partial charge < -0.3 is 15.0 Å². The van der Waals surface area contributed by atoms with Crippen LogP contribution in [0.15, 0.2) is 23.4 Å². The Morgan fingerprint density at radius 1 is 1.48 bits per heavy atom. The number of aliphatic carboxylic acids is 1. The van der Waals surface area contributed by atoms with Gasteiger partial charge in [0.05, 0.1) is 21.8 Å². The summed E-state index contributed by atoms with van der Waals surface area (Å²) in [5.74, 6) is -1.12. The molecule has 1 aromatic carbocycles. The van der Waals surface area contributed by atoms with Crippen LogP contribution in [0.3, 0.4) is 0 Å². The lowest BCUT2D eigenvalue weighted by molar-refractivity contribution is -0.134. The van der Waals surface area contributed by atoms with Crippen molar-refractivity contribution in [2.45, 2.75) is 18.1 Å². The lowest BCUT2D eigenvalue weighted by atomic mass is 10.3. The van der Waals surface area contributed by atoms with Gasteiger partial charge in [0.25, 0.3) is 0 Å². The van der Waals surface area contributed by atoms with Gasteiger partial charge in [0.2, 0.25) is 5.91 Å². The molecule has 0 radical (unpaired) electrons. The summed E-state index contributed by atoms with van der Waals surface area (Å²) in [7, 11) is 1.57. The number of fused-ring (bicyclic) bond motifs is 1. The zero-order valence-electron chi connectivity index (χ0n) is 11.3. The van der Waals surface area contributed by atoms with Crippen LogP contribution in [0.25, 0.3) is 11.0 Å². The molecule has 0 saturated heterocycles. The summed E-state index contributed by atoms with van der Waals surface area (Å²) in [5.41, 5.74) is 1.41. The van der Waals surface area contributed by atoms with E-state index in [1.54, 1.807) is 23.7 Å². The molecule has 0 bridgehead atoms. The van der Waals surface area contributed by atoms with Gasteiger partial charge >= 0.3 is 5.97 Å². The van der Waals surface area contributed by atoms with Gasteiger partial charge in [-0.2, -0.15) is 0 Å². The molecule has 1 heterocycles. The number of carboxylic acids is 1. The van der Waals surface area contributed by atoms with Gasteiger partial charge in [0, 0.05) is 20.0 Å². The molecule has 112 valence electrons. The molecule has 21 heavy (non-hydrogen) atoms. The minimum atomic E-state index is -0.920. The van der Waals surface area contributed by atoms with Crippen molar-refractivity contribution in [3.05, 3.63) is 23.2 Å². The number of aryl methyl sites for hydroxylation is 1. The molecular weight excluding hydrogens is 314 g/mol. The average molecular weight is 328 g/mol. The minimum Gasteiger partial charge on any atom is -0.481 e. The number of nitrogens with one attached hydrogen (secondary N) is 1. The van der Waals surface area contributed by atoms with Gasteiger partial charge in [0.15, 0.2) is 5.16 Å². The smallest absolute Gasteiger partial charge is 0.313 e. The maximum Gasteiger partial charge on any atom is 0.313 e. The molecule has 1 amide bonds. The van der Waals surface area contributed by atoms with Crippen molar-refractivity contribution in [3.63, 3.8) is 0 Å². The molecule has 2 N–H and O–H groups in total. The Kier molecular flexibility index (Phi) is 5.08. The Morgan fingerprint density at radius 2 is 2.24 bits per heavy atom. The van der Waals surface area contributed by atoms with Crippen molar-refractivity contribution in [3.8, 4) is 0 Å². The molecule has 0 aliphatic rings. The predicted molar refractivity (Wildman–Crippen MR) is 81.8 cm³/mol. The van der Waals surface area contributed by atoms with Crippen molar-refractivity contribution in [2.24, 2.45) is 0 Å². The second-order valence-corrected chi connectivity index (χ2v) is 5.61. The Hall–Kier alpha value is -1.73. The number of imidazole rings is 1. The molecule has 0 aliphatic heterocycles. The monoisotopic (exact) mass is 327 g/mol. The van der Waals surface area contributed by atoms with Crippen molar-refractivity contribution >= 4 is 46.3 Å². The summed E-state index contributed by atoms with van der Waals surface area (Å²) >= 11 is 7.31. The lowest BCUT2D eigenvalue weighted by Gasteiger charge is -2.08. The van der Waals surface area contributed by atoms with Gasteiger partial charge in [-0.15, -0.1) is 0 Å². The van der Waals surface area contributed by atoms with Crippen molar-refractivity contribution < 1.29 is 14.7 Å². The molecule has 0 spiro atoms. The summed E-state index contributed by atoms with van der Waals surface area (Å²) in [6, 6.07) is 5.34. The van der Waals surface area contributed by atoms with Gasteiger partial charge in [-0.1, -0.05) is 29.4 Å². The molecule has 0 unspecified atom stereocenters.